The molecule has 0 amide bonds. The van der Waals surface area contributed by atoms with Crippen LogP contribution in [0.2, 0.25) is 0 Å². The number of aliphatic hydroxyl groups is 1. The van der Waals surface area contributed by atoms with E-state index in [1.807, 2.05) is 6.07 Å². The minimum atomic E-state index is -0.893. The molecular weight excluding hydrogens is 298 g/mol. The SMILES string of the molecule is COc1ccc([C@@H](O)[C@@H](N)c2ccc3c(c2)OCO3)cc1OC. The zero-order valence-electron chi connectivity index (χ0n) is 13.0. The molecule has 1 heterocycles. The molecule has 0 unspecified atom stereocenters. The number of hydrogen-bond donors (Lipinski definition) is 2. The summed E-state index contributed by atoms with van der Waals surface area (Å²) in [4.78, 5) is 0. The molecule has 6 nitrogen and oxygen atoms in total. The van der Waals surface area contributed by atoms with Crippen LogP contribution < -0.4 is 24.7 Å². The van der Waals surface area contributed by atoms with E-state index in [0.717, 1.165) is 5.56 Å². The Hall–Kier alpha value is -2.44. The average Bonchev–Trinajstić information content (AvgIpc) is 3.07. The number of ether oxygens (including phenoxy) is 4. The quantitative estimate of drug-likeness (QED) is 0.879. The number of nitrogens with two attached hydrogens (primary N) is 1. The van der Waals surface area contributed by atoms with Crippen LogP contribution in [0.5, 0.6) is 23.0 Å². The van der Waals surface area contributed by atoms with Crippen molar-refractivity contribution >= 4 is 0 Å². The Morgan fingerprint density at radius 1 is 0.957 bits per heavy atom. The minimum Gasteiger partial charge on any atom is -0.493 e. The standard InChI is InChI=1S/C17H19NO5/c1-20-12-5-4-11(8-14(12)21-2)17(19)16(18)10-3-6-13-15(7-10)23-9-22-13/h3-8,16-17,19H,9,18H2,1-2H3/t16-,17+/m0/s1. The third-order valence-corrected chi connectivity index (χ3v) is 3.87. The largest absolute Gasteiger partial charge is 0.493 e. The lowest BCUT2D eigenvalue weighted by Gasteiger charge is -2.21. The van der Waals surface area contributed by atoms with Gasteiger partial charge < -0.3 is 29.8 Å². The second-order valence-corrected chi connectivity index (χ2v) is 5.20. The molecular formula is C17H19NO5. The number of rotatable bonds is 5. The average molecular weight is 317 g/mol. The highest BCUT2D eigenvalue weighted by Gasteiger charge is 2.23. The van der Waals surface area contributed by atoms with E-state index in [1.54, 1.807) is 44.6 Å². The third kappa shape index (κ3) is 2.91. The Bertz CT molecular complexity index is 703. The van der Waals surface area contributed by atoms with E-state index >= 15 is 0 Å². The highest BCUT2D eigenvalue weighted by molar-refractivity contribution is 5.47. The predicted octanol–water partition coefficient (Wildman–Crippen LogP) is 2.17. The van der Waals surface area contributed by atoms with E-state index in [-0.39, 0.29) is 6.79 Å². The number of methoxy groups -OCH3 is 2. The molecule has 23 heavy (non-hydrogen) atoms. The summed E-state index contributed by atoms with van der Waals surface area (Å²) < 4.78 is 21.1. The maximum absolute atomic E-state index is 10.6. The van der Waals surface area contributed by atoms with Gasteiger partial charge in [0.2, 0.25) is 6.79 Å². The fourth-order valence-electron chi connectivity index (χ4n) is 2.55. The van der Waals surface area contributed by atoms with Gasteiger partial charge in [-0.1, -0.05) is 12.1 Å². The molecule has 0 aliphatic carbocycles. The lowest BCUT2D eigenvalue weighted by Crippen LogP contribution is -2.19. The monoisotopic (exact) mass is 317 g/mol. The predicted molar refractivity (Wildman–Crippen MR) is 84.0 cm³/mol. The second-order valence-electron chi connectivity index (χ2n) is 5.20. The Balaban J connectivity index is 1.86. The van der Waals surface area contributed by atoms with Gasteiger partial charge in [-0.2, -0.15) is 0 Å². The first-order valence-electron chi connectivity index (χ1n) is 7.19. The van der Waals surface area contributed by atoms with Gasteiger partial charge in [-0.05, 0) is 35.4 Å². The van der Waals surface area contributed by atoms with Gasteiger partial charge in [-0.3, -0.25) is 0 Å². The highest BCUT2D eigenvalue weighted by atomic mass is 16.7. The van der Waals surface area contributed by atoms with E-state index in [1.165, 1.54) is 0 Å². The van der Waals surface area contributed by atoms with Crippen LogP contribution in [0.25, 0.3) is 0 Å². The lowest BCUT2D eigenvalue weighted by atomic mass is 9.96. The van der Waals surface area contributed by atoms with Crippen molar-refractivity contribution < 1.29 is 24.1 Å². The van der Waals surface area contributed by atoms with Crippen LogP contribution in [0.1, 0.15) is 23.3 Å². The van der Waals surface area contributed by atoms with Crippen LogP contribution in [-0.2, 0) is 0 Å². The van der Waals surface area contributed by atoms with Crippen molar-refractivity contribution in [2.45, 2.75) is 12.1 Å². The molecule has 3 rings (SSSR count). The van der Waals surface area contributed by atoms with Crippen LogP contribution in [0.3, 0.4) is 0 Å². The Morgan fingerprint density at radius 2 is 1.65 bits per heavy atom. The molecule has 0 radical (unpaired) electrons. The molecule has 1 aliphatic heterocycles. The summed E-state index contributed by atoms with van der Waals surface area (Å²) in [6.45, 7) is 0.201. The van der Waals surface area contributed by atoms with Crippen LogP contribution in [0, 0.1) is 0 Å². The first-order valence-corrected chi connectivity index (χ1v) is 7.19. The van der Waals surface area contributed by atoms with Crippen molar-refractivity contribution in [2.75, 3.05) is 21.0 Å². The maximum atomic E-state index is 10.6. The molecule has 2 aromatic carbocycles. The molecule has 6 heteroatoms. The summed E-state index contributed by atoms with van der Waals surface area (Å²) >= 11 is 0. The van der Waals surface area contributed by atoms with Crippen molar-refractivity contribution in [3.8, 4) is 23.0 Å². The first kappa shape index (κ1) is 15.5. The summed E-state index contributed by atoms with van der Waals surface area (Å²) in [5, 5.41) is 10.6. The summed E-state index contributed by atoms with van der Waals surface area (Å²) in [5.41, 5.74) is 7.62. The number of benzene rings is 2. The normalized spacial score (nSPS) is 15.1. The second kappa shape index (κ2) is 6.36. The Labute approximate surface area is 134 Å². The molecule has 0 aromatic heterocycles. The summed E-state index contributed by atoms with van der Waals surface area (Å²) in [6.07, 6.45) is -0.893. The van der Waals surface area contributed by atoms with Crippen molar-refractivity contribution in [2.24, 2.45) is 5.73 Å². The van der Waals surface area contributed by atoms with Crippen LogP contribution in [0.15, 0.2) is 36.4 Å². The minimum absolute atomic E-state index is 0.201. The van der Waals surface area contributed by atoms with E-state index < -0.39 is 12.1 Å². The van der Waals surface area contributed by atoms with Gasteiger partial charge in [0.05, 0.1) is 26.4 Å². The number of hydrogen-bond acceptors (Lipinski definition) is 6. The molecule has 0 bridgehead atoms. The molecule has 3 N–H and O–H groups in total. The van der Waals surface area contributed by atoms with Gasteiger partial charge in [0.25, 0.3) is 0 Å². The Kier molecular flexibility index (Phi) is 4.27. The van der Waals surface area contributed by atoms with Crippen molar-refractivity contribution in [3.63, 3.8) is 0 Å². The fourth-order valence-corrected chi connectivity index (χ4v) is 2.55. The van der Waals surface area contributed by atoms with Gasteiger partial charge in [-0.25, -0.2) is 0 Å². The zero-order valence-corrected chi connectivity index (χ0v) is 13.0. The van der Waals surface area contributed by atoms with Crippen LogP contribution in [0.4, 0.5) is 0 Å². The van der Waals surface area contributed by atoms with E-state index in [9.17, 15) is 5.11 Å². The highest BCUT2D eigenvalue weighted by Crippen LogP contribution is 2.38. The van der Waals surface area contributed by atoms with Gasteiger partial charge >= 0.3 is 0 Å². The van der Waals surface area contributed by atoms with Gasteiger partial charge in [-0.15, -0.1) is 0 Å². The summed E-state index contributed by atoms with van der Waals surface area (Å²) in [6, 6.07) is 10.0. The van der Waals surface area contributed by atoms with Gasteiger partial charge in [0.1, 0.15) is 0 Å². The lowest BCUT2D eigenvalue weighted by molar-refractivity contribution is 0.146. The fraction of sp³-hybridized carbons (Fsp3) is 0.294. The molecule has 2 aromatic rings. The summed E-state index contributed by atoms with van der Waals surface area (Å²) in [5.74, 6) is 2.46. The van der Waals surface area contributed by atoms with E-state index in [0.29, 0.717) is 28.6 Å². The van der Waals surface area contributed by atoms with Crippen molar-refractivity contribution in [1.82, 2.24) is 0 Å². The van der Waals surface area contributed by atoms with Gasteiger partial charge in [0.15, 0.2) is 23.0 Å². The first-order chi connectivity index (χ1) is 11.1. The molecule has 0 spiro atoms. The molecule has 0 saturated carbocycles. The molecule has 1 aliphatic rings. The molecule has 122 valence electrons. The van der Waals surface area contributed by atoms with Crippen molar-refractivity contribution in [1.29, 1.82) is 0 Å². The van der Waals surface area contributed by atoms with Gasteiger partial charge in [0, 0.05) is 0 Å². The summed E-state index contributed by atoms with van der Waals surface area (Å²) in [7, 11) is 3.11. The van der Waals surface area contributed by atoms with Crippen molar-refractivity contribution in [3.05, 3.63) is 47.5 Å². The zero-order chi connectivity index (χ0) is 16.4. The molecule has 2 atom stereocenters. The smallest absolute Gasteiger partial charge is 0.231 e. The van der Waals surface area contributed by atoms with E-state index in [4.69, 9.17) is 24.7 Å². The Morgan fingerprint density at radius 3 is 2.39 bits per heavy atom. The molecule has 0 saturated heterocycles. The topological polar surface area (TPSA) is 83.2 Å². The number of aliphatic hydroxyl groups excluding tert-OH is 1. The molecule has 0 fully saturated rings. The van der Waals surface area contributed by atoms with Crippen LogP contribution >= 0.6 is 0 Å². The van der Waals surface area contributed by atoms with E-state index in [2.05, 4.69) is 0 Å². The third-order valence-electron chi connectivity index (χ3n) is 3.87. The number of fused-ring (bicyclic) bond motifs is 1. The maximum Gasteiger partial charge on any atom is 0.231 e. The van der Waals surface area contributed by atoms with Crippen LogP contribution in [-0.4, -0.2) is 26.1 Å².